The third-order valence-corrected chi connectivity index (χ3v) is 1.98. The van der Waals surface area contributed by atoms with Crippen molar-refractivity contribution in [2.45, 2.75) is 6.42 Å². The van der Waals surface area contributed by atoms with Gasteiger partial charge in [-0.3, -0.25) is 4.79 Å². The summed E-state index contributed by atoms with van der Waals surface area (Å²) in [5, 5.41) is 11.6. The van der Waals surface area contributed by atoms with Crippen LogP contribution in [0.15, 0.2) is 30.3 Å². The first-order chi connectivity index (χ1) is 7.20. The standard InChI is InChI=1S/C11H13NO3/c13-10(6-7-12-8-11(14)15)9-4-2-1-3-5-9/h1-5,12H,6-8H2,(H,14,15). The number of carboxylic acid groups (broad SMARTS) is 1. The Kier molecular flexibility index (Phi) is 4.50. The lowest BCUT2D eigenvalue weighted by Crippen LogP contribution is -2.87. The number of benzene rings is 1. The van der Waals surface area contributed by atoms with E-state index in [4.69, 9.17) is 0 Å². The number of carbonyl (C=O) groups is 2. The van der Waals surface area contributed by atoms with E-state index in [1.54, 1.807) is 29.6 Å². The number of ketones is 1. The monoisotopic (exact) mass is 207 g/mol. The molecule has 1 rings (SSSR count). The van der Waals surface area contributed by atoms with E-state index in [1.807, 2.05) is 6.07 Å². The second-order valence-corrected chi connectivity index (χ2v) is 3.19. The fraction of sp³-hybridized carbons (Fsp3) is 0.273. The Morgan fingerprint density at radius 3 is 2.47 bits per heavy atom. The molecular formula is C11H13NO3. The minimum absolute atomic E-state index is 0.0326. The molecule has 1 aromatic carbocycles. The Morgan fingerprint density at radius 1 is 1.20 bits per heavy atom. The van der Waals surface area contributed by atoms with Crippen molar-refractivity contribution in [3.05, 3.63) is 35.9 Å². The Labute approximate surface area is 87.9 Å². The maximum absolute atomic E-state index is 11.5. The molecule has 0 unspecified atom stereocenters. The number of hydrogen-bond donors (Lipinski definition) is 1. The highest BCUT2D eigenvalue weighted by molar-refractivity contribution is 5.95. The summed E-state index contributed by atoms with van der Waals surface area (Å²) in [7, 11) is 0. The van der Waals surface area contributed by atoms with Gasteiger partial charge in [0.2, 0.25) is 0 Å². The van der Waals surface area contributed by atoms with Crippen LogP contribution >= 0.6 is 0 Å². The van der Waals surface area contributed by atoms with Gasteiger partial charge in [0.1, 0.15) is 6.54 Å². The molecule has 0 radical (unpaired) electrons. The molecular weight excluding hydrogens is 194 g/mol. The second-order valence-electron chi connectivity index (χ2n) is 3.19. The zero-order valence-electron chi connectivity index (χ0n) is 8.31. The number of carbonyl (C=O) groups excluding carboxylic acids is 2. The maximum atomic E-state index is 11.5. The zero-order valence-corrected chi connectivity index (χ0v) is 8.31. The van der Waals surface area contributed by atoms with E-state index in [9.17, 15) is 14.7 Å². The van der Waals surface area contributed by atoms with Crippen LogP contribution in [-0.4, -0.2) is 24.8 Å². The van der Waals surface area contributed by atoms with Gasteiger partial charge in [0.05, 0.1) is 18.9 Å². The van der Waals surface area contributed by atoms with Crippen LogP contribution in [-0.2, 0) is 4.79 Å². The minimum atomic E-state index is -1.11. The lowest BCUT2D eigenvalue weighted by molar-refractivity contribution is -0.649. The average molecular weight is 207 g/mol. The summed E-state index contributed by atoms with van der Waals surface area (Å²) < 4.78 is 0. The number of Topliss-reactive ketones (excluding diaryl/α,β-unsaturated/α-hetero) is 1. The van der Waals surface area contributed by atoms with Crippen molar-refractivity contribution in [1.29, 1.82) is 0 Å². The number of aliphatic carboxylic acids is 1. The van der Waals surface area contributed by atoms with Gasteiger partial charge in [-0.15, -0.1) is 0 Å². The van der Waals surface area contributed by atoms with E-state index >= 15 is 0 Å². The van der Waals surface area contributed by atoms with Crippen molar-refractivity contribution in [2.24, 2.45) is 0 Å². The van der Waals surface area contributed by atoms with Crippen LogP contribution in [0, 0.1) is 0 Å². The van der Waals surface area contributed by atoms with Crippen LogP contribution in [0.5, 0.6) is 0 Å². The van der Waals surface area contributed by atoms with Gasteiger partial charge in [-0.1, -0.05) is 30.3 Å². The van der Waals surface area contributed by atoms with Crippen molar-refractivity contribution in [2.75, 3.05) is 13.1 Å². The molecule has 0 atom stereocenters. The second kappa shape index (κ2) is 5.93. The molecule has 0 aliphatic heterocycles. The molecule has 0 spiro atoms. The smallest absolute Gasteiger partial charge is 0.168 e. The Balaban J connectivity index is 2.28. The number of nitrogens with two attached hydrogens (primary N) is 1. The number of rotatable bonds is 6. The maximum Gasteiger partial charge on any atom is 0.168 e. The molecule has 80 valence electrons. The molecule has 0 fully saturated rings. The molecule has 15 heavy (non-hydrogen) atoms. The Bertz CT molecular complexity index is 335. The van der Waals surface area contributed by atoms with Gasteiger partial charge in [0.25, 0.3) is 0 Å². The van der Waals surface area contributed by atoms with E-state index in [-0.39, 0.29) is 12.3 Å². The van der Waals surface area contributed by atoms with Gasteiger partial charge in [-0.05, 0) is 0 Å². The molecule has 0 heterocycles. The molecule has 1 aromatic rings. The van der Waals surface area contributed by atoms with Gasteiger partial charge >= 0.3 is 0 Å². The molecule has 0 aromatic heterocycles. The summed E-state index contributed by atoms with van der Waals surface area (Å²) in [6, 6.07) is 8.96. The topological polar surface area (TPSA) is 73.8 Å². The average Bonchev–Trinajstić information content (AvgIpc) is 2.25. The lowest BCUT2D eigenvalue weighted by atomic mass is 10.1. The number of hydrogen-bond acceptors (Lipinski definition) is 3. The number of quaternary nitrogens is 1. The molecule has 4 nitrogen and oxygen atoms in total. The number of carboxylic acids is 1. The summed E-state index contributed by atoms with van der Waals surface area (Å²) in [5.74, 6) is -1.08. The highest BCUT2D eigenvalue weighted by atomic mass is 16.4. The van der Waals surface area contributed by atoms with Gasteiger partial charge in [0.15, 0.2) is 5.78 Å². The normalized spacial score (nSPS) is 9.87. The first kappa shape index (κ1) is 11.4. The van der Waals surface area contributed by atoms with Crippen LogP contribution in [0.1, 0.15) is 16.8 Å². The van der Waals surface area contributed by atoms with Crippen molar-refractivity contribution in [3.63, 3.8) is 0 Å². The van der Waals surface area contributed by atoms with Gasteiger partial charge in [0, 0.05) is 5.56 Å². The summed E-state index contributed by atoms with van der Waals surface area (Å²) >= 11 is 0. The molecule has 0 saturated carbocycles. The van der Waals surface area contributed by atoms with Crippen molar-refractivity contribution in [1.82, 2.24) is 0 Å². The van der Waals surface area contributed by atoms with Gasteiger partial charge < -0.3 is 15.2 Å². The Hall–Kier alpha value is -1.68. The van der Waals surface area contributed by atoms with Crippen LogP contribution in [0.4, 0.5) is 0 Å². The van der Waals surface area contributed by atoms with E-state index in [1.165, 1.54) is 0 Å². The molecule has 0 saturated heterocycles. The van der Waals surface area contributed by atoms with Crippen molar-refractivity contribution < 1.29 is 20.0 Å². The van der Waals surface area contributed by atoms with Gasteiger partial charge in [-0.25, -0.2) is 0 Å². The van der Waals surface area contributed by atoms with Crippen LogP contribution in [0.2, 0.25) is 0 Å². The lowest BCUT2D eigenvalue weighted by Gasteiger charge is -2.02. The molecule has 4 heteroatoms. The predicted molar refractivity (Wildman–Crippen MR) is 52.1 cm³/mol. The first-order valence-corrected chi connectivity index (χ1v) is 4.80. The summed E-state index contributed by atoms with van der Waals surface area (Å²) in [5.41, 5.74) is 0.666. The SMILES string of the molecule is O=C([O-])C[NH2+]CCC(=O)c1ccccc1. The molecule has 0 aliphatic rings. The van der Waals surface area contributed by atoms with Crippen molar-refractivity contribution >= 4 is 11.8 Å². The predicted octanol–water partition coefficient (Wildman–Crippen LogP) is -1.43. The first-order valence-electron chi connectivity index (χ1n) is 4.80. The molecule has 0 aliphatic carbocycles. The Morgan fingerprint density at radius 2 is 1.87 bits per heavy atom. The highest BCUT2D eigenvalue weighted by Crippen LogP contribution is 2.01. The fourth-order valence-corrected chi connectivity index (χ4v) is 1.22. The summed E-state index contributed by atoms with van der Waals surface area (Å²) in [6.45, 7) is 0.379. The zero-order chi connectivity index (χ0) is 11.1. The van der Waals surface area contributed by atoms with Crippen LogP contribution in [0.25, 0.3) is 0 Å². The van der Waals surface area contributed by atoms with E-state index in [2.05, 4.69) is 0 Å². The van der Waals surface area contributed by atoms with Crippen LogP contribution < -0.4 is 10.4 Å². The van der Waals surface area contributed by atoms with Crippen molar-refractivity contribution in [3.8, 4) is 0 Å². The molecule has 0 amide bonds. The third kappa shape index (κ3) is 4.37. The van der Waals surface area contributed by atoms with Gasteiger partial charge in [-0.2, -0.15) is 0 Å². The van der Waals surface area contributed by atoms with E-state index in [0.717, 1.165) is 0 Å². The fourth-order valence-electron chi connectivity index (χ4n) is 1.22. The van der Waals surface area contributed by atoms with E-state index < -0.39 is 5.97 Å². The highest BCUT2D eigenvalue weighted by Gasteiger charge is 2.05. The summed E-state index contributed by atoms with van der Waals surface area (Å²) in [6.07, 6.45) is 0.345. The minimum Gasteiger partial charge on any atom is -0.544 e. The van der Waals surface area contributed by atoms with Crippen LogP contribution in [0.3, 0.4) is 0 Å². The van der Waals surface area contributed by atoms with E-state index in [0.29, 0.717) is 18.5 Å². The molecule has 2 N–H and O–H groups in total. The largest absolute Gasteiger partial charge is 0.544 e. The third-order valence-electron chi connectivity index (χ3n) is 1.98. The molecule has 0 bridgehead atoms. The summed E-state index contributed by atoms with van der Waals surface area (Å²) in [4.78, 5) is 21.6. The quantitative estimate of drug-likeness (QED) is 0.459.